The van der Waals surface area contributed by atoms with Crippen molar-refractivity contribution in [3.63, 3.8) is 0 Å². The van der Waals surface area contributed by atoms with Crippen LogP contribution < -0.4 is 5.73 Å². The number of anilines is 1. The average Bonchev–Trinajstić information content (AvgIpc) is 1.88. The Morgan fingerprint density at radius 3 is 2.09 bits per heavy atom. The number of benzene rings is 1. The first-order valence-corrected chi connectivity index (χ1v) is 2.79. The van der Waals surface area contributed by atoms with E-state index in [1.807, 2.05) is 0 Å². The maximum absolute atomic E-state index is 10.3. The molecule has 1 rings (SSSR count). The first-order valence-electron chi connectivity index (χ1n) is 2.79. The van der Waals surface area contributed by atoms with Gasteiger partial charge in [-0.2, -0.15) is 0 Å². The SMILES string of the molecule is Nc1ccc(C(=O)O)cc1.[K]. The van der Waals surface area contributed by atoms with Crippen LogP contribution in [0.1, 0.15) is 10.4 Å². The Labute approximate surface area is 107 Å². The zero-order valence-electron chi connectivity index (χ0n) is 6.24. The summed E-state index contributed by atoms with van der Waals surface area (Å²) in [5.41, 5.74) is 6.17. The second-order valence-corrected chi connectivity index (χ2v) is 1.93. The van der Waals surface area contributed by atoms with Gasteiger partial charge in [-0.25, -0.2) is 4.79 Å². The number of carboxylic acids is 1. The number of rotatable bonds is 1. The molecule has 0 aromatic heterocycles. The van der Waals surface area contributed by atoms with Gasteiger partial charge in [-0.05, 0) is 24.3 Å². The van der Waals surface area contributed by atoms with E-state index >= 15 is 0 Å². The van der Waals surface area contributed by atoms with Crippen LogP contribution >= 0.6 is 0 Å². The van der Waals surface area contributed by atoms with Crippen LogP contribution in [0.2, 0.25) is 0 Å². The molecule has 0 saturated carbocycles. The molecular weight excluding hydrogens is 169 g/mol. The van der Waals surface area contributed by atoms with Gasteiger partial charge >= 0.3 is 5.97 Å². The van der Waals surface area contributed by atoms with Gasteiger partial charge < -0.3 is 10.8 Å². The van der Waals surface area contributed by atoms with Crippen LogP contribution in [0.15, 0.2) is 24.3 Å². The molecule has 0 unspecified atom stereocenters. The van der Waals surface area contributed by atoms with Crippen LogP contribution in [0.4, 0.5) is 5.69 Å². The van der Waals surface area contributed by atoms with Crippen molar-refractivity contribution in [2.45, 2.75) is 0 Å². The van der Waals surface area contributed by atoms with Crippen molar-refractivity contribution in [2.75, 3.05) is 5.73 Å². The Bertz CT molecular complexity index is 245. The molecule has 1 radical (unpaired) electrons. The van der Waals surface area contributed by atoms with Crippen LogP contribution in [-0.4, -0.2) is 62.5 Å². The quantitative estimate of drug-likeness (QED) is 0.486. The van der Waals surface area contributed by atoms with Gasteiger partial charge in [0, 0.05) is 57.1 Å². The Hall–Kier alpha value is 0.126. The minimum Gasteiger partial charge on any atom is -0.478 e. The van der Waals surface area contributed by atoms with E-state index in [1.54, 1.807) is 12.1 Å². The first kappa shape index (κ1) is 11.1. The van der Waals surface area contributed by atoms with Crippen molar-refractivity contribution >= 4 is 63.0 Å². The summed E-state index contributed by atoms with van der Waals surface area (Å²) in [6.07, 6.45) is 0. The number of carboxylic acid groups (broad SMARTS) is 1. The number of nitrogen functional groups attached to an aromatic ring is 1. The van der Waals surface area contributed by atoms with E-state index in [0.29, 0.717) is 5.69 Å². The van der Waals surface area contributed by atoms with E-state index in [0.717, 1.165) is 0 Å². The Kier molecular flexibility index (Phi) is 4.95. The molecule has 0 saturated heterocycles. The smallest absolute Gasteiger partial charge is 0.335 e. The van der Waals surface area contributed by atoms with E-state index in [-0.39, 0.29) is 56.9 Å². The third-order valence-corrected chi connectivity index (χ3v) is 1.16. The van der Waals surface area contributed by atoms with Gasteiger partial charge in [-0.3, -0.25) is 0 Å². The predicted molar refractivity (Wildman–Crippen MR) is 43.6 cm³/mol. The molecule has 0 heterocycles. The maximum Gasteiger partial charge on any atom is 0.335 e. The van der Waals surface area contributed by atoms with Crippen LogP contribution in [0.25, 0.3) is 0 Å². The molecule has 3 nitrogen and oxygen atoms in total. The van der Waals surface area contributed by atoms with Crippen LogP contribution in [0.3, 0.4) is 0 Å². The summed E-state index contributed by atoms with van der Waals surface area (Å²) >= 11 is 0. The van der Waals surface area contributed by atoms with Crippen LogP contribution in [-0.2, 0) is 0 Å². The number of hydrogen-bond acceptors (Lipinski definition) is 2. The summed E-state index contributed by atoms with van der Waals surface area (Å²) in [6, 6.07) is 6.06. The molecule has 0 aliphatic heterocycles. The predicted octanol–water partition coefficient (Wildman–Crippen LogP) is 0.586. The standard InChI is InChI=1S/C7H7NO2.K/c8-6-3-1-5(2-4-6)7(9)10;/h1-4H,8H2,(H,9,10);. The summed E-state index contributed by atoms with van der Waals surface area (Å²) in [7, 11) is 0. The Balaban J connectivity index is 0.000001000. The molecule has 11 heavy (non-hydrogen) atoms. The second-order valence-electron chi connectivity index (χ2n) is 1.93. The molecule has 0 spiro atoms. The second kappa shape index (κ2) is 4.90. The normalized spacial score (nSPS) is 8.36. The van der Waals surface area contributed by atoms with Crippen molar-refractivity contribution in [3.8, 4) is 0 Å². The summed E-state index contributed by atoms with van der Waals surface area (Å²) in [5.74, 6) is -0.931. The van der Waals surface area contributed by atoms with Crippen LogP contribution in [0.5, 0.6) is 0 Å². The third kappa shape index (κ3) is 3.35. The fourth-order valence-corrected chi connectivity index (χ4v) is 0.626. The van der Waals surface area contributed by atoms with E-state index in [2.05, 4.69) is 0 Å². The summed E-state index contributed by atoms with van der Waals surface area (Å²) in [4.78, 5) is 10.3. The van der Waals surface area contributed by atoms with Crippen molar-refractivity contribution < 1.29 is 9.90 Å². The molecule has 3 N–H and O–H groups in total. The average molecular weight is 176 g/mol. The molecule has 0 fully saturated rings. The molecule has 0 aliphatic carbocycles. The molecule has 4 heteroatoms. The molecule has 0 amide bonds. The molecule has 1 aromatic carbocycles. The topological polar surface area (TPSA) is 63.3 Å². The molecule has 0 atom stereocenters. The Morgan fingerprint density at radius 2 is 1.73 bits per heavy atom. The number of nitrogens with two attached hydrogens (primary N) is 1. The van der Waals surface area contributed by atoms with E-state index in [4.69, 9.17) is 10.8 Å². The molecule has 1 aromatic rings. The molecular formula is C7H7KNO2. The number of aromatic carboxylic acids is 1. The van der Waals surface area contributed by atoms with Crippen molar-refractivity contribution in [3.05, 3.63) is 29.8 Å². The first-order chi connectivity index (χ1) is 4.70. The fourth-order valence-electron chi connectivity index (χ4n) is 0.626. The number of carbonyl (C=O) groups is 1. The molecule has 0 bridgehead atoms. The molecule has 53 valence electrons. The number of hydrogen-bond donors (Lipinski definition) is 2. The van der Waals surface area contributed by atoms with Gasteiger partial charge in [0.05, 0.1) is 5.56 Å². The van der Waals surface area contributed by atoms with Gasteiger partial charge in [0.2, 0.25) is 0 Å². The monoisotopic (exact) mass is 176 g/mol. The van der Waals surface area contributed by atoms with Crippen molar-refractivity contribution in [1.82, 2.24) is 0 Å². The zero-order chi connectivity index (χ0) is 7.56. The summed E-state index contributed by atoms with van der Waals surface area (Å²) < 4.78 is 0. The van der Waals surface area contributed by atoms with Crippen molar-refractivity contribution in [1.29, 1.82) is 0 Å². The summed E-state index contributed by atoms with van der Waals surface area (Å²) in [5, 5.41) is 8.43. The van der Waals surface area contributed by atoms with Gasteiger partial charge in [0.25, 0.3) is 0 Å². The van der Waals surface area contributed by atoms with Crippen molar-refractivity contribution in [2.24, 2.45) is 0 Å². The molecule has 0 aliphatic rings. The fraction of sp³-hybridized carbons (Fsp3) is 0. The minimum absolute atomic E-state index is 0. The van der Waals surface area contributed by atoms with E-state index < -0.39 is 5.97 Å². The van der Waals surface area contributed by atoms with Gasteiger partial charge in [-0.15, -0.1) is 0 Å². The van der Waals surface area contributed by atoms with Gasteiger partial charge in [0.1, 0.15) is 0 Å². The Morgan fingerprint density at radius 1 is 1.27 bits per heavy atom. The minimum atomic E-state index is -0.931. The third-order valence-electron chi connectivity index (χ3n) is 1.16. The van der Waals surface area contributed by atoms with E-state index in [1.165, 1.54) is 12.1 Å². The summed E-state index contributed by atoms with van der Waals surface area (Å²) in [6.45, 7) is 0. The largest absolute Gasteiger partial charge is 0.478 e. The van der Waals surface area contributed by atoms with Gasteiger partial charge in [-0.1, -0.05) is 0 Å². The van der Waals surface area contributed by atoms with Crippen LogP contribution in [0, 0.1) is 0 Å². The van der Waals surface area contributed by atoms with E-state index in [9.17, 15) is 4.79 Å². The maximum atomic E-state index is 10.3. The van der Waals surface area contributed by atoms with Gasteiger partial charge in [0.15, 0.2) is 0 Å². The zero-order valence-corrected chi connectivity index (χ0v) is 9.37.